The second-order valence-electron chi connectivity index (χ2n) is 16.3. The zero-order valence-corrected chi connectivity index (χ0v) is 31.9. The largest absolute Gasteiger partial charge is 0.481 e. The van der Waals surface area contributed by atoms with Crippen LogP contribution in [-0.4, -0.2) is 69.2 Å². The van der Waals surface area contributed by atoms with Crippen LogP contribution in [0.4, 0.5) is 10.1 Å². The lowest BCUT2D eigenvalue weighted by molar-refractivity contribution is -0.144. The van der Waals surface area contributed by atoms with Crippen LogP contribution in [0.5, 0.6) is 0 Å². The Morgan fingerprint density at radius 1 is 1.08 bits per heavy atom. The van der Waals surface area contributed by atoms with Gasteiger partial charge in [0.15, 0.2) is 0 Å². The summed E-state index contributed by atoms with van der Waals surface area (Å²) in [5.41, 5.74) is 3.13. The van der Waals surface area contributed by atoms with E-state index < -0.39 is 11.8 Å². The minimum absolute atomic E-state index is 0.00297. The Bertz CT molecular complexity index is 1840. The average molecular weight is 732 g/mol. The van der Waals surface area contributed by atoms with E-state index in [1.165, 1.54) is 30.4 Å². The van der Waals surface area contributed by atoms with Crippen molar-refractivity contribution in [2.45, 2.75) is 97.1 Å². The first-order valence-electron chi connectivity index (χ1n) is 19.3. The van der Waals surface area contributed by atoms with E-state index in [1.807, 2.05) is 47.7 Å². The molecule has 2 aliphatic heterocycles. The Balaban J connectivity index is 1.06. The highest BCUT2D eigenvalue weighted by atomic mass is 32.2. The lowest BCUT2D eigenvalue weighted by Crippen LogP contribution is -2.40. The molecule has 280 valence electrons. The molecule has 2 aromatic carbocycles. The molecular formula is C42H54FN3O5S. The molecule has 3 heterocycles. The van der Waals surface area contributed by atoms with Gasteiger partial charge in [-0.25, -0.2) is 4.39 Å². The molecule has 1 aromatic heterocycles. The molecule has 2 saturated heterocycles. The number of carboxylic acids is 1. The summed E-state index contributed by atoms with van der Waals surface area (Å²) >= 11 is 2.08. The number of rotatable bonds is 12. The number of para-hydroxylation sites is 1. The smallest absolute Gasteiger partial charge is 0.306 e. The van der Waals surface area contributed by atoms with Gasteiger partial charge in [0.2, 0.25) is 5.91 Å². The molecule has 10 heteroatoms. The predicted molar refractivity (Wildman–Crippen MR) is 204 cm³/mol. The van der Waals surface area contributed by atoms with Crippen LogP contribution in [0.15, 0.2) is 42.6 Å². The second-order valence-corrected chi connectivity index (χ2v) is 17.4. The zero-order chi connectivity index (χ0) is 36.8. The number of fused-ring (bicyclic) bond motifs is 1. The number of carbonyl (C=O) groups excluding carboxylic acids is 2. The quantitative estimate of drug-likeness (QED) is 0.195. The highest BCUT2D eigenvalue weighted by Crippen LogP contribution is 2.74. The average Bonchev–Trinajstić information content (AvgIpc) is 3.49. The molecule has 4 fully saturated rings. The monoisotopic (exact) mass is 731 g/mol. The summed E-state index contributed by atoms with van der Waals surface area (Å²) < 4.78 is 24.2. The first-order chi connectivity index (χ1) is 25.0. The molecule has 52 heavy (non-hydrogen) atoms. The SMILES string of the molecule is CC[C@@H]1CSC[C@@H]1CC1(CC)C[C@]12C[C@@H](COC1CCC(C(=O)O)CC1)N(C(=O)Cc1cc(C)c(NC(=O)c3cn(C)c4ccccc34)cc1F)C2. The standard InChI is InChI=1S/C42H54FN3O5S/c1-5-27-22-52-23-30(27)18-41(6-2)24-42(41)19-31(21-51-32-13-11-28(12-14-32)40(49)50)46(25-42)38(47)16-29-15-26(3)36(17-35(29)43)44-39(48)34-20-45(4)37-10-8-7-9-33(34)37/h7-10,15,17,20,27-28,30-32H,5-6,11-14,16,18-19,21-25H2,1-4H3,(H,44,48)(H,49,50)/t27-,28?,30+,31+,32?,41?,42+/m1/s1. The maximum absolute atomic E-state index is 15.8. The number of carboxylic acid groups (broad SMARTS) is 1. The summed E-state index contributed by atoms with van der Waals surface area (Å²) in [4.78, 5) is 41.1. The molecule has 3 aromatic rings. The number of thioether (sulfide) groups is 1. The summed E-state index contributed by atoms with van der Waals surface area (Å²) in [6.07, 6.45) is 9.93. The van der Waals surface area contributed by atoms with Gasteiger partial charge < -0.3 is 24.6 Å². The Morgan fingerprint density at radius 3 is 2.56 bits per heavy atom. The van der Waals surface area contributed by atoms with E-state index in [0.29, 0.717) is 61.2 Å². The number of nitrogens with one attached hydrogen (secondary N) is 1. The summed E-state index contributed by atoms with van der Waals surface area (Å²) in [5, 5.41) is 13.2. The molecule has 2 saturated carbocycles. The molecule has 0 bridgehead atoms. The Labute approximate surface area is 311 Å². The van der Waals surface area contributed by atoms with Crippen LogP contribution in [0.3, 0.4) is 0 Å². The number of ether oxygens (including phenoxy) is 1. The topological polar surface area (TPSA) is 101 Å². The fourth-order valence-electron chi connectivity index (χ4n) is 10.1. The molecule has 1 unspecified atom stereocenters. The Hall–Kier alpha value is -3.37. The van der Waals surface area contributed by atoms with Crippen LogP contribution < -0.4 is 5.32 Å². The number of hydrogen-bond donors (Lipinski definition) is 2. The van der Waals surface area contributed by atoms with Crippen LogP contribution in [0.25, 0.3) is 10.9 Å². The van der Waals surface area contributed by atoms with E-state index in [4.69, 9.17) is 4.74 Å². The van der Waals surface area contributed by atoms with E-state index in [2.05, 4.69) is 30.9 Å². The fourth-order valence-corrected chi connectivity index (χ4v) is 11.7. The first kappa shape index (κ1) is 37.0. The van der Waals surface area contributed by atoms with Crippen molar-refractivity contribution in [2.75, 3.05) is 30.0 Å². The number of benzene rings is 2. The van der Waals surface area contributed by atoms with Gasteiger partial charge in [-0.1, -0.05) is 44.5 Å². The van der Waals surface area contributed by atoms with Crippen molar-refractivity contribution in [3.8, 4) is 0 Å². The van der Waals surface area contributed by atoms with Gasteiger partial charge >= 0.3 is 5.97 Å². The van der Waals surface area contributed by atoms with Gasteiger partial charge in [-0.05, 0) is 116 Å². The summed E-state index contributed by atoms with van der Waals surface area (Å²) in [7, 11) is 1.89. The van der Waals surface area contributed by atoms with Gasteiger partial charge in [0.05, 0.1) is 36.7 Å². The number of anilines is 1. The minimum atomic E-state index is -0.730. The molecule has 4 aliphatic rings. The number of hydrogen-bond acceptors (Lipinski definition) is 5. The van der Waals surface area contributed by atoms with Crippen LogP contribution in [-0.2, 0) is 27.8 Å². The van der Waals surface area contributed by atoms with Crippen molar-refractivity contribution in [1.82, 2.24) is 9.47 Å². The maximum Gasteiger partial charge on any atom is 0.306 e. The maximum atomic E-state index is 15.8. The van der Waals surface area contributed by atoms with E-state index in [9.17, 15) is 19.5 Å². The van der Waals surface area contributed by atoms with Gasteiger partial charge in [-0.3, -0.25) is 14.4 Å². The number of aromatic nitrogens is 1. The predicted octanol–water partition coefficient (Wildman–Crippen LogP) is 8.25. The van der Waals surface area contributed by atoms with Crippen molar-refractivity contribution in [3.05, 3.63) is 65.1 Å². The van der Waals surface area contributed by atoms with Crippen molar-refractivity contribution in [2.24, 2.45) is 35.6 Å². The first-order valence-corrected chi connectivity index (χ1v) is 20.5. The summed E-state index contributed by atoms with van der Waals surface area (Å²) in [5.74, 6) is 2.00. The normalized spacial score (nSPS) is 29.9. The van der Waals surface area contributed by atoms with E-state index in [-0.39, 0.29) is 47.1 Å². The third kappa shape index (κ3) is 7.02. The van der Waals surface area contributed by atoms with Crippen molar-refractivity contribution < 1.29 is 28.6 Å². The third-order valence-corrected chi connectivity index (χ3v) is 14.7. The molecule has 7 rings (SSSR count). The van der Waals surface area contributed by atoms with E-state index in [0.717, 1.165) is 42.0 Å². The number of carbonyl (C=O) groups is 3. The van der Waals surface area contributed by atoms with Gasteiger partial charge in [0.25, 0.3) is 5.91 Å². The molecular weight excluding hydrogens is 678 g/mol. The van der Waals surface area contributed by atoms with Crippen LogP contribution in [0.2, 0.25) is 0 Å². The number of likely N-dealkylation sites (tertiary alicyclic amines) is 1. The van der Waals surface area contributed by atoms with Gasteiger partial charge in [-0.2, -0.15) is 11.8 Å². The lowest BCUT2D eigenvalue weighted by Gasteiger charge is -2.30. The number of aryl methyl sites for hydroxylation is 2. The molecule has 2 aliphatic carbocycles. The van der Waals surface area contributed by atoms with Crippen molar-refractivity contribution in [1.29, 1.82) is 0 Å². The van der Waals surface area contributed by atoms with Gasteiger partial charge in [-0.15, -0.1) is 0 Å². The Kier molecular flexibility index (Phi) is 10.5. The Morgan fingerprint density at radius 2 is 1.83 bits per heavy atom. The third-order valence-electron chi connectivity index (χ3n) is 13.4. The molecule has 5 atom stereocenters. The van der Waals surface area contributed by atoms with Gasteiger partial charge in [0.1, 0.15) is 5.82 Å². The van der Waals surface area contributed by atoms with Gasteiger partial charge in [0, 0.05) is 36.4 Å². The number of nitrogens with zero attached hydrogens (tertiary/aromatic N) is 2. The molecule has 8 nitrogen and oxygen atoms in total. The van der Waals surface area contributed by atoms with Crippen LogP contribution in [0.1, 0.15) is 93.1 Å². The molecule has 1 spiro atoms. The van der Waals surface area contributed by atoms with E-state index >= 15 is 4.39 Å². The van der Waals surface area contributed by atoms with E-state index in [1.54, 1.807) is 12.3 Å². The lowest BCUT2D eigenvalue weighted by atomic mass is 9.77. The summed E-state index contributed by atoms with van der Waals surface area (Å²) in [6.45, 7) is 7.55. The highest BCUT2D eigenvalue weighted by molar-refractivity contribution is 7.99. The number of amides is 2. The van der Waals surface area contributed by atoms with Crippen molar-refractivity contribution in [3.63, 3.8) is 0 Å². The number of aliphatic carboxylic acids is 1. The molecule has 0 radical (unpaired) electrons. The second kappa shape index (κ2) is 14.8. The zero-order valence-electron chi connectivity index (χ0n) is 31.1. The highest BCUT2D eigenvalue weighted by Gasteiger charge is 2.70. The molecule has 2 amide bonds. The van der Waals surface area contributed by atoms with Crippen molar-refractivity contribution >= 4 is 46.1 Å². The summed E-state index contributed by atoms with van der Waals surface area (Å²) in [6, 6.07) is 10.6. The fraction of sp³-hybridized carbons (Fsp3) is 0.595. The van der Waals surface area contributed by atoms with Crippen LogP contribution >= 0.6 is 11.8 Å². The number of halogens is 1. The van der Waals surface area contributed by atoms with Crippen LogP contribution in [0, 0.1) is 41.3 Å². The molecule has 2 N–H and O–H groups in total. The minimum Gasteiger partial charge on any atom is -0.481 e.